The van der Waals surface area contributed by atoms with Crippen molar-refractivity contribution in [3.05, 3.63) is 29.3 Å². The van der Waals surface area contributed by atoms with Crippen LogP contribution in [-0.4, -0.2) is 47.9 Å². The number of hydrogen-bond acceptors (Lipinski definition) is 7. The molecule has 1 aliphatic heterocycles. The molecule has 2 aromatic rings. The number of aromatic nitrogens is 1. The highest BCUT2D eigenvalue weighted by molar-refractivity contribution is 7.13. The van der Waals surface area contributed by atoms with Crippen molar-refractivity contribution < 1.29 is 14.1 Å². The van der Waals surface area contributed by atoms with Crippen molar-refractivity contribution in [3.63, 3.8) is 0 Å². The average Bonchev–Trinajstić information content (AvgIpc) is 3.34. The summed E-state index contributed by atoms with van der Waals surface area (Å²) in [5.74, 6) is 0.673. The molecule has 1 amide bonds. The molecule has 0 atom stereocenters. The van der Waals surface area contributed by atoms with Crippen molar-refractivity contribution in [3.8, 4) is 16.7 Å². The van der Waals surface area contributed by atoms with Crippen LogP contribution in [0.25, 0.3) is 10.6 Å². The zero-order valence-corrected chi connectivity index (χ0v) is 16.5. The van der Waals surface area contributed by atoms with Gasteiger partial charge in [0, 0.05) is 25.6 Å². The molecule has 0 spiro atoms. The van der Waals surface area contributed by atoms with Crippen LogP contribution in [0.3, 0.4) is 0 Å². The molecule has 0 bridgehead atoms. The van der Waals surface area contributed by atoms with Gasteiger partial charge in [0.25, 0.3) is 0 Å². The Bertz CT molecular complexity index is 819. The number of carbonyl (C=O) groups excluding carboxylic acids is 2. The zero-order valence-electron chi connectivity index (χ0n) is 15.7. The van der Waals surface area contributed by atoms with Gasteiger partial charge < -0.3 is 14.7 Å². The molecule has 28 heavy (non-hydrogen) atoms. The lowest BCUT2D eigenvalue weighted by atomic mass is 9.98. The molecule has 1 fully saturated rings. The predicted molar refractivity (Wildman–Crippen MR) is 106 cm³/mol. The van der Waals surface area contributed by atoms with Crippen molar-refractivity contribution >= 4 is 23.0 Å². The molecule has 0 unspecified atom stereocenters. The van der Waals surface area contributed by atoms with Gasteiger partial charge in [-0.05, 0) is 30.8 Å². The van der Waals surface area contributed by atoms with Crippen molar-refractivity contribution in [1.29, 1.82) is 5.26 Å². The standard InChI is InChI=1S/C20H24N4O3S/c21-8-9-22-20(26)15-13-24(14-15)10-4-2-1-3-6-17(25)16-12-18(27-23-16)19-7-5-11-28-19/h5,7,11-12,15H,1-4,6,9-10,13-14H2,(H,22,26). The predicted octanol–water partition coefficient (Wildman–Crippen LogP) is 3.11. The van der Waals surface area contributed by atoms with E-state index in [9.17, 15) is 9.59 Å². The third-order valence-electron chi connectivity index (χ3n) is 4.86. The molecule has 1 saturated heterocycles. The molecular formula is C20H24N4O3S. The highest BCUT2D eigenvalue weighted by Gasteiger charge is 2.31. The number of nitriles is 1. The molecule has 2 aromatic heterocycles. The lowest BCUT2D eigenvalue weighted by Gasteiger charge is -2.38. The van der Waals surface area contributed by atoms with Crippen molar-refractivity contribution in [2.45, 2.75) is 32.1 Å². The SMILES string of the molecule is N#CCNC(=O)C1CN(CCCCCCC(=O)c2cc(-c3cccs3)on2)C1. The number of unbranched alkanes of at least 4 members (excludes halogenated alkanes) is 3. The minimum absolute atomic E-state index is 0.0208. The summed E-state index contributed by atoms with van der Waals surface area (Å²) in [6.45, 7) is 2.60. The van der Waals surface area contributed by atoms with Crippen molar-refractivity contribution in [2.24, 2.45) is 5.92 Å². The summed E-state index contributed by atoms with van der Waals surface area (Å²) in [5, 5.41) is 16.9. The Balaban J connectivity index is 1.24. The van der Waals surface area contributed by atoms with E-state index in [2.05, 4.69) is 15.4 Å². The molecule has 3 heterocycles. The summed E-state index contributed by atoms with van der Waals surface area (Å²) >= 11 is 1.56. The molecule has 0 radical (unpaired) electrons. The number of Topliss-reactive ketones (excluding diaryl/α,β-unsaturated/α-hetero) is 1. The first kappa shape index (κ1) is 20.2. The van der Waals surface area contributed by atoms with E-state index in [1.807, 2.05) is 23.6 Å². The molecule has 0 saturated carbocycles. The molecule has 3 rings (SSSR count). The minimum Gasteiger partial charge on any atom is -0.355 e. The third-order valence-corrected chi connectivity index (χ3v) is 5.74. The zero-order chi connectivity index (χ0) is 19.8. The molecule has 0 aromatic carbocycles. The number of likely N-dealkylation sites (tertiary alicyclic amines) is 1. The summed E-state index contributed by atoms with van der Waals surface area (Å²) in [6.07, 6.45) is 4.46. The summed E-state index contributed by atoms with van der Waals surface area (Å²) in [6, 6.07) is 7.52. The van der Waals surface area contributed by atoms with Gasteiger partial charge in [0.15, 0.2) is 11.5 Å². The van der Waals surface area contributed by atoms with Crippen molar-refractivity contribution in [2.75, 3.05) is 26.2 Å². The van der Waals surface area contributed by atoms with Crippen LogP contribution in [0.2, 0.25) is 0 Å². The van der Waals surface area contributed by atoms with Crippen LogP contribution < -0.4 is 5.32 Å². The molecule has 7 nitrogen and oxygen atoms in total. The molecular weight excluding hydrogens is 376 g/mol. The van der Waals surface area contributed by atoms with E-state index in [-0.39, 0.29) is 24.2 Å². The number of ketones is 1. The third kappa shape index (κ3) is 5.50. The monoisotopic (exact) mass is 400 g/mol. The van der Waals surface area contributed by atoms with Crippen LogP contribution in [0.1, 0.15) is 42.6 Å². The lowest BCUT2D eigenvalue weighted by Crippen LogP contribution is -2.53. The molecule has 1 N–H and O–H groups in total. The van der Waals surface area contributed by atoms with Crippen LogP contribution in [0.4, 0.5) is 0 Å². The van der Waals surface area contributed by atoms with Gasteiger partial charge in [-0.1, -0.05) is 24.1 Å². The number of rotatable bonds is 11. The quantitative estimate of drug-likeness (QED) is 0.353. The first-order valence-electron chi connectivity index (χ1n) is 9.58. The summed E-state index contributed by atoms with van der Waals surface area (Å²) in [7, 11) is 0. The first-order chi connectivity index (χ1) is 13.7. The van der Waals surface area contributed by atoms with E-state index in [1.54, 1.807) is 17.4 Å². The van der Waals surface area contributed by atoms with Crippen LogP contribution in [-0.2, 0) is 4.79 Å². The fourth-order valence-electron chi connectivity index (χ4n) is 3.23. The first-order valence-corrected chi connectivity index (χ1v) is 10.5. The van der Waals surface area contributed by atoms with E-state index < -0.39 is 0 Å². The average molecular weight is 401 g/mol. The number of hydrogen-bond donors (Lipinski definition) is 1. The molecule has 8 heteroatoms. The molecule has 148 valence electrons. The summed E-state index contributed by atoms with van der Waals surface area (Å²) in [5.41, 5.74) is 0.407. The summed E-state index contributed by atoms with van der Waals surface area (Å²) in [4.78, 5) is 27.1. The van der Waals surface area contributed by atoms with Gasteiger partial charge in [-0.25, -0.2) is 0 Å². The van der Waals surface area contributed by atoms with Gasteiger partial charge in [0.1, 0.15) is 12.2 Å². The van der Waals surface area contributed by atoms with E-state index in [0.29, 0.717) is 17.9 Å². The number of amides is 1. The maximum atomic E-state index is 12.2. The van der Waals surface area contributed by atoms with Gasteiger partial charge in [0.2, 0.25) is 5.91 Å². The second-order valence-corrected chi connectivity index (χ2v) is 7.92. The van der Waals surface area contributed by atoms with Gasteiger partial charge in [-0.15, -0.1) is 11.3 Å². The van der Waals surface area contributed by atoms with Gasteiger partial charge in [-0.2, -0.15) is 5.26 Å². The maximum Gasteiger partial charge on any atom is 0.226 e. The maximum absolute atomic E-state index is 12.2. The van der Waals surface area contributed by atoms with Crippen LogP contribution >= 0.6 is 11.3 Å². The van der Waals surface area contributed by atoms with Gasteiger partial charge >= 0.3 is 0 Å². The fraction of sp³-hybridized carbons (Fsp3) is 0.500. The highest BCUT2D eigenvalue weighted by atomic mass is 32.1. The van der Waals surface area contributed by atoms with Crippen LogP contribution in [0.5, 0.6) is 0 Å². The minimum atomic E-state index is -0.0218. The number of thiophene rings is 1. The van der Waals surface area contributed by atoms with Crippen LogP contribution in [0, 0.1) is 17.2 Å². The normalized spacial score (nSPS) is 14.4. The Labute approximate surface area is 168 Å². The van der Waals surface area contributed by atoms with Crippen molar-refractivity contribution in [1.82, 2.24) is 15.4 Å². The summed E-state index contributed by atoms with van der Waals surface area (Å²) < 4.78 is 5.26. The lowest BCUT2D eigenvalue weighted by molar-refractivity contribution is -0.129. The Kier molecular flexibility index (Phi) is 7.34. The van der Waals surface area contributed by atoms with E-state index in [1.165, 1.54) is 0 Å². The number of nitrogens with zero attached hydrogens (tertiary/aromatic N) is 3. The van der Waals surface area contributed by atoms with E-state index in [0.717, 1.165) is 50.2 Å². The van der Waals surface area contributed by atoms with Gasteiger partial charge in [-0.3, -0.25) is 9.59 Å². The fourth-order valence-corrected chi connectivity index (χ4v) is 3.91. The Morgan fingerprint density at radius 1 is 1.32 bits per heavy atom. The second-order valence-electron chi connectivity index (χ2n) is 6.97. The second kappa shape index (κ2) is 10.2. The topological polar surface area (TPSA) is 99.2 Å². The Morgan fingerprint density at radius 3 is 2.89 bits per heavy atom. The highest BCUT2D eigenvalue weighted by Crippen LogP contribution is 2.25. The molecule has 1 aliphatic rings. The Hall–Kier alpha value is -2.50. The van der Waals surface area contributed by atoms with Gasteiger partial charge in [0.05, 0.1) is 16.9 Å². The largest absolute Gasteiger partial charge is 0.355 e. The van der Waals surface area contributed by atoms with Crippen LogP contribution in [0.15, 0.2) is 28.1 Å². The van der Waals surface area contributed by atoms with E-state index in [4.69, 9.17) is 9.78 Å². The number of nitrogens with one attached hydrogen (secondary N) is 1. The van der Waals surface area contributed by atoms with E-state index >= 15 is 0 Å². The smallest absolute Gasteiger partial charge is 0.226 e. The number of carbonyl (C=O) groups is 2. The Morgan fingerprint density at radius 2 is 2.14 bits per heavy atom. The molecule has 0 aliphatic carbocycles.